The van der Waals surface area contributed by atoms with E-state index in [1.165, 1.54) is 25.7 Å². The first-order valence-electron chi connectivity index (χ1n) is 7.48. The topological polar surface area (TPSA) is 55.6 Å². The molecule has 0 atom stereocenters. The van der Waals surface area contributed by atoms with Crippen molar-refractivity contribution in [1.82, 2.24) is 4.90 Å². The quantitative estimate of drug-likeness (QED) is 0.678. The number of esters is 1. The molecule has 0 aromatic heterocycles. The largest absolute Gasteiger partial charge is 0.462 e. The molecular formula is C16H24N2O2. The molecule has 2 rings (SSSR count). The van der Waals surface area contributed by atoms with Gasteiger partial charge in [0.2, 0.25) is 0 Å². The average molecular weight is 276 g/mol. The SMILES string of the molecule is CCOC(=O)c1ccc(CN2CCCCCC2)c(N)c1. The number of carbonyl (C=O) groups is 1. The van der Waals surface area contributed by atoms with E-state index in [0.29, 0.717) is 17.9 Å². The highest BCUT2D eigenvalue weighted by atomic mass is 16.5. The number of likely N-dealkylation sites (tertiary alicyclic amines) is 1. The monoisotopic (exact) mass is 276 g/mol. The first-order chi connectivity index (χ1) is 9.70. The van der Waals surface area contributed by atoms with Crippen molar-refractivity contribution in [2.45, 2.75) is 39.2 Å². The molecule has 1 aromatic carbocycles. The van der Waals surface area contributed by atoms with Gasteiger partial charge in [0.1, 0.15) is 0 Å². The molecule has 0 saturated carbocycles. The fourth-order valence-electron chi connectivity index (χ4n) is 2.62. The molecule has 1 aromatic rings. The van der Waals surface area contributed by atoms with Crippen molar-refractivity contribution in [2.24, 2.45) is 0 Å². The number of carbonyl (C=O) groups excluding carboxylic acids is 1. The van der Waals surface area contributed by atoms with E-state index in [2.05, 4.69) is 4.90 Å². The molecule has 0 unspecified atom stereocenters. The van der Waals surface area contributed by atoms with Crippen molar-refractivity contribution >= 4 is 11.7 Å². The van der Waals surface area contributed by atoms with Gasteiger partial charge in [-0.1, -0.05) is 18.9 Å². The number of nitrogens with two attached hydrogens (primary N) is 1. The summed E-state index contributed by atoms with van der Waals surface area (Å²) < 4.78 is 4.98. The predicted octanol–water partition coefficient (Wildman–Crippen LogP) is 2.82. The average Bonchev–Trinajstić information content (AvgIpc) is 2.70. The van der Waals surface area contributed by atoms with Gasteiger partial charge in [0, 0.05) is 12.2 Å². The molecule has 0 amide bonds. The molecule has 4 heteroatoms. The van der Waals surface area contributed by atoms with Gasteiger partial charge in [-0.3, -0.25) is 4.90 Å². The van der Waals surface area contributed by atoms with Crippen LogP contribution in [0.25, 0.3) is 0 Å². The molecule has 4 nitrogen and oxygen atoms in total. The van der Waals surface area contributed by atoms with Crippen LogP contribution in [-0.4, -0.2) is 30.6 Å². The number of benzene rings is 1. The van der Waals surface area contributed by atoms with E-state index in [0.717, 1.165) is 25.2 Å². The van der Waals surface area contributed by atoms with Crippen molar-refractivity contribution < 1.29 is 9.53 Å². The third-order valence-electron chi connectivity index (χ3n) is 3.75. The number of anilines is 1. The molecule has 1 heterocycles. The summed E-state index contributed by atoms with van der Waals surface area (Å²) in [6.45, 7) is 5.33. The molecule has 0 aliphatic carbocycles. The zero-order chi connectivity index (χ0) is 14.4. The Bertz CT molecular complexity index is 452. The highest BCUT2D eigenvalue weighted by Gasteiger charge is 2.13. The first kappa shape index (κ1) is 14.9. The van der Waals surface area contributed by atoms with Crippen LogP contribution in [0.4, 0.5) is 5.69 Å². The number of nitrogen functional groups attached to an aromatic ring is 1. The summed E-state index contributed by atoms with van der Waals surface area (Å²) in [5.41, 5.74) is 8.39. The maximum Gasteiger partial charge on any atom is 0.338 e. The number of rotatable bonds is 4. The van der Waals surface area contributed by atoms with Gasteiger partial charge >= 0.3 is 5.97 Å². The standard InChI is InChI=1S/C16H24N2O2/c1-2-20-16(19)13-7-8-14(15(17)11-13)12-18-9-5-3-4-6-10-18/h7-8,11H,2-6,9-10,12,17H2,1H3. The Morgan fingerprint density at radius 1 is 1.25 bits per heavy atom. The predicted molar refractivity (Wildman–Crippen MR) is 80.6 cm³/mol. The van der Waals surface area contributed by atoms with Gasteiger partial charge in [-0.15, -0.1) is 0 Å². The van der Waals surface area contributed by atoms with Crippen LogP contribution >= 0.6 is 0 Å². The first-order valence-corrected chi connectivity index (χ1v) is 7.48. The number of hydrogen-bond donors (Lipinski definition) is 1. The normalized spacial score (nSPS) is 16.6. The zero-order valence-electron chi connectivity index (χ0n) is 12.2. The Kier molecular flexibility index (Phi) is 5.41. The van der Waals surface area contributed by atoms with E-state index in [1.807, 2.05) is 12.1 Å². The third-order valence-corrected chi connectivity index (χ3v) is 3.75. The number of nitrogens with zero attached hydrogens (tertiary/aromatic N) is 1. The lowest BCUT2D eigenvalue weighted by Gasteiger charge is -2.20. The molecule has 0 radical (unpaired) electrons. The number of hydrogen-bond acceptors (Lipinski definition) is 4. The van der Waals surface area contributed by atoms with Crippen LogP contribution in [0.5, 0.6) is 0 Å². The van der Waals surface area contributed by atoms with Crippen molar-refractivity contribution in [1.29, 1.82) is 0 Å². The van der Waals surface area contributed by atoms with Crippen LogP contribution in [-0.2, 0) is 11.3 Å². The molecule has 1 fully saturated rings. The number of ether oxygens (including phenoxy) is 1. The lowest BCUT2D eigenvalue weighted by Crippen LogP contribution is -2.24. The van der Waals surface area contributed by atoms with E-state index < -0.39 is 0 Å². The fraction of sp³-hybridized carbons (Fsp3) is 0.562. The van der Waals surface area contributed by atoms with Gasteiger partial charge in [-0.2, -0.15) is 0 Å². The Labute approximate surface area is 120 Å². The second-order valence-corrected chi connectivity index (χ2v) is 5.32. The summed E-state index contributed by atoms with van der Waals surface area (Å²) in [5.74, 6) is -0.305. The van der Waals surface area contributed by atoms with Gasteiger partial charge < -0.3 is 10.5 Å². The lowest BCUT2D eigenvalue weighted by molar-refractivity contribution is 0.0526. The summed E-state index contributed by atoms with van der Waals surface area (Å²) >= 11 is 0. The maximum atomic E-state index is 11.7. The summed E-state index contributed by atoms with van der Waals surface area (Å²) in [5, 5.41) is 0. The minimum atomic E-state index is -0.305. The molecule has 1 aliphatic heterocycles. The minimum absolute atomic E-state index is 0.305. The van der Waals surface area contributed by atoms with Gasteiger partial charge in [0.05, 0.1) is 12.2 Å². The molecule has 2 N–H and O–H groups in total. The summed E-state index contributed by atoms with van der Waals surface area (Å²) in [6, 6.07) is 5.49. The van der Waals surface area contributed by atoms with Gasteiger partial charge in [-0.05, 0) is 50.6 Å². The van der Waals surface area contributed by atoms with E-state index >= 15 is 0 Å². The summed E-state index contributed by atoms with van der Waals surface area (Å²) in [4.78, 5) is 14.1. The molecule has 20 heavy (non-hydrogen) atoms. The van der Waals surface area contributed by atoms with E-state index in [4.69, 9.17) is 10.5 Å². The fourth-order valence-corrected chi connectivity index (χ4v) is 2.62. The van der Waals surface area contributed by atoms with Crippen molar-refractivity contribution in [2.75, 3.05) is 25.4 Å². The maximum absolute atomic E-state index is 11.7. The Balaban J connectivity index is 2.03. The summed E-state index contributed by atoms with van der Waals surface area (Å²) in [6.07, 6.45) is 5.18. The second-order valence-electron chi connectivity index (χ2n) is 5.32. The summed E-state index contributed by atoms with van der Waals surface area (Å²) in [7, 11) is 0. The van der Waals surface area contributed by atoms with Crippen LogP contribution in [0.1, 0.15) is 48.5 Å². The molecule has 1 saturated heterocycles. The highest BCUT2D eigenvalue weighted by molar-refractivity contribution is 5.90. The molecular weight excluding hydrogens is 252 g/mol. The van der Waals surface area contributed by atoms with E-state index in [9.17, 15) is 4.79 Å². The molecule has 1 aliphatic rings. The highest BCUT2D eigenvalue weighted by Crippen LogP contribution is 2.19. The van der Waals surface area contributed by atoms with Crippen molar-refractivity contribution in [3.8, 4) is 0 Å². The third kappa shape index (κ3) is 3.97. The minimum Gasteiger partial charge on any atom is -0.462 e. The Morgan fingerprint density at radius 2 is 1.95 bits per heavy atom. The van der Waals surface area contributed by atoms with Crippen LogP contribution in [0.15, 0.2) is 18.2 Å². The van der Waals surface area contributed by atoms with E-state index in [1.54, 1.807) is 13.0 Å². The van der Waals surface area contributed by atoms with Crippen LogP contribution < -0.4 is 5.73 Å². The van der Waals surface area contributed by atoms with Gasteiger partial charge in [0.25, 0.3) is 0 Å². The van der Waals surface area contributed by atoms with Crippen molar-refractivity contribution in [3.05, 3.63) is 29.3 Å². The van der Waals surface area contributed by atoms with Crippen molar-refractivity contribution in [3.63, 3.8) is 0 Å². The smallest absolute Gasteiger partial charge is 0.338 e. The lowest BCUT2D eigenvalue weighted by atomic mass is 10.1. The van der Waals surface area contributed by atoms with Crippen LogP contribution in [0.2, 0.25) is 0 Å². The van der Waals surface area contributed by atoms with Crippen LogP contribution in [0.3, 0.4) is 0 Å². The Morgan fingerprint density at radius 3 is 2.55 bits per heavy atom. The molecule has 0 bridgehead atoms. The second kappa shape index (κ2) is 7.29. The zero-order valence-corrected chi connectivity index (χ0v) is 12.2. The van der Waals surface area contributed by atoms with E-state index in [-0.39, 0.29) is 5.97 Å². The van der Waals surface area contributed by atoms with Crippen LogP contribution in [0, 0.1) is 0 Å². The molecule has 110 valence electrons. The Hall–Kier alpha value is -1.55. The van der Waals surface area contributed by atoms with Gasteiger partial charge in [0.15, 0.2) is 0 Å². The molecule has 0 spiro atoms. The van der Waals surface area contributed by atoms with Gasteiger partial charge in [-0.25, -0.2) is 4.79 Å².